The first-order valence-electron chi connectivity index (χ1n) is 9.48. The van der Waals surface area contributed by atoms with Gasteiger partial charge in [-0.2, -0.15) is 0 Å². The predicted octanol–water partition coefficient (Wildman–Crippen LogP) is 2.51. The number of hydrogen-bond acceptors (Lipinski definition) is 4. The van der Waals surface area contributed by atoms with Gasteiger partial charge in [0.2, 0.25) is 0 Å². The van der Waals surface area contributed by atoms with Crippen LogP contribution < -0.4 is 15.8 Å². The quantitative estimate of drug-likeness (QED) is 0.683. The molecule has 152 valence electrons. The Morgan fingerprint density at radius 1 is 1.34 bits per heavy atom. The van der Waals surface area contributed by atoms with Gasteiger partial charge in [0.15, 0.2) is 5.82 Å². The Morgan fingerprint density at radius 2 is 2.14 bits per heavy atom. The van der Waals surface area contributed by atoms with Gasteiger partial charge >= 0.3 is 6.09 Å². The normalized spacial score (nSPS) is 16.9. The van der Waals surface area contributed by atoms with Gasteiger partial charge in [0.05, 0.1) is 0 Å². The van der Waals surface area contributed by atoms with Crippen molar-refractivity contribution in [2.75, 3.05) is 18.0 Å². The van der Waals surface area contributed by atoms with Crippen molar-refractivity contribution in [2.24, 2.45) is 7.05 Å². The number of aromatic nitrogens is 3. The standard InChI is InChI=1S/C20H22ClN5O3/c1-24-9-10-26-17(19(24)27)15(11-13-5-2-3-7-16(13)21)18(23-26)25-8-4-6-14(12-25)22-20(28)29/h2-3,5,7,9-10,14,22H,4,6,8,11-12H2,1H3,(H,28,29)/t14-/m1/s1. The second-order valence-electron chi connectivity index (χ2n) is 7.31. The van der Waals surface area contributed by atoms with Crippen LogP contribution in [0.1, 0.15) is 24.0 Å². The van der Waals surface area contributed by atoms with Crippen LogP contribution in [0.4, 0.5) is 10.6 Å². The molecule has 2 aromatic heterocycles. The minimum Gasteiger partial charge on any atom is -0.465 e. The second-order valence-corrected chi connectivity index (χ2v) is 7.72. The number of carbonyl (C=O) groups is 1. The fraction of sp³-hybridized carbons (Fsp3) is 0.350. The van der Waals surface area contributed by atoms with Crippen LogP contribution in [0.15, 0.2) is 41.5 Å². The number of amides is 1. The third-order valence-corrected chi connectivity index (χ3v) is 5.68. The van der Waals surface area contributed by atoms with Gasteiger partial charge in [-0.25, -0.2) is 9.31 Å². The summed E-state index contributed by atoms with van der Waals surface area (Å²) in [7, 11) is 1.71. The highest BCUT2D eigenvalue weighted by molar-refractivity contribution is 6.31. The number of nitrogens with one attached hydrogen (secondary N) is 1. The summed E-state index contributed by atoms with van der Waals surface area (Å²) in [4.78, 5) is 26.0. The molecule has 1 amide bonds. The minimum absolute atomic E-state index is 0.134. The molecule has 8 nitrogen and oxygen atoms in total. The van der Waals surface area contributed by atoms with Gasteiger partial charge in [-0.3, -0.25) is 4.79 Å². The number of halogens is 1. The van der Waals surface area contributed by atoms with Crippen LogP contribution in [0.2, 0.25) is 5.02 Å². The SMILES string of the molecule is Cn1ccn2nc(N3CCC[C@@H](NC(=O)O)C3)c(Cc3ccccc3Cl)c2c1=O. The van der Waals surface area contributed by atoms with E-state index in [-0.39, 0.29) is 11.6 Å². The maximum absolute atomic E-state index is 12.9. The van der Waals surface area contributed by atoms with Gasteiger partial charge in [-0.05, 0) is 24.5 Å². The first-order valence-corrected chi connectivity index (χ1v) is 9.86. The fourth-order valence-corrected chi connectivity index (χ4v) is 4.10. The topological polar surface area (TPSA) is 91.9 Å². The summed E-state index contributed by atoms with van der Waals surface area (Å²) >= 11 is 6.38. The molecule has 2 N–H and O–H groups in total. The summed E-state index contributed by atoms with van der Waals surface area (Å²) in [6.45, 7) is 1.25. The largest absolute Gasteiger partial charge is 0.465 e. The van der Waals surface area contributed by atoms with Crippen molar-refractivity contribution in [3.63, 3.8) is 0 Å². The minimum atomic E-state index is -1.03. The number of nitrogens with zero attached hydrogens (tertiary/aromatic N) is 4. The molecule has 1 atom stereocenters. The number of fused-ring (bicyclic) bond motifs is 1. The summed E-state index contributed by atoms with van der Waals surface area (Å²) in [6.07, 6.45) is 4.48. The second kappa shape index (κ2) is 7.79. The average Bonchev–Trinajstić information content (AvgIpc) is 3.05. The highest BCUT2D eigenvalue weighted by Crippen LogP contribution is 2.29. The third-order valence-electron chi connectivity index (χ3n) is 5.32. The molecule has 0 aliphatic carbocycles. The molecule has 1 aliphatic heterocycles. The van der Waals surface area contributed by atoms with Crippen molar-refractivity contribution in [3.8, 4) is 0 Å². The average molecular weight is 416 g/mol. The highest BCUT2D eigenvalue weighted by Gasteiger charge is 2.27. The van der Waals surface area contributed by atoms with Crippen molar-refractivity contribution in [3.05, 3.63) is 63.2 Å². The van der Waals surface area contributed by atoms with Crippen LogP contribution in [0.5, 0.6) is 0 Å². The number of rotatable bonds is 4. The zero-order valence-corrected chi connectivity index (χ0v) is 16.8. The summed E-state index contributed by atoms with van der Waals surface area (Å²) in [5, 5.41) is 17.0. The lowest BCUT2D eigenvalue weighted by Crippen LogP contribution is -2.47. The Morgan fingerprint density at radius 3 is 2.90 bits per heavy atom. The van der Waals surface area contributed by atoms with E-state index in [1.54, 1.807) is 24.0 Å². The first kappa shape index (κ1) is 19.3. The monoisotopic (exact) mass is 415 g/mol. The Labute approximate surface area is 172 Å². The predicted molar refractivity (Wildman–Crippen MR) is 111 cm³/mol. The summed E-state index contributed by atoms with van der Waals surface area (Å²) in [5.74, 6) is 0.699. The first-order chi connectivity index (χ1) is 13.9. The van der Waals surface area contributed by atoms with E-state index >= 15 is 0 Å². The van der Waals surface area contributed by atoms with E-state index < -0.39 is 6.09 Å². The molecule has 0 spiro atoms. The van der Waals surface area contributed by atoms with E-state index in [2.05, 4.69) is 15.3 Å². The number of benzene rings is 1. The lowest BCUT2D eigenvalue weighted by atomic mass is 10.0. The molecule has 29 heavy (non-hydrogen) atoms. The number of piperidine rings is 1. The van der Waals surface area contributed by atoms with Crippen molar-refractivity contribution < 1.29 is 9.90 Å². The van der Waals surface area contributed by atoms with Crippen LogP contribution in [0.25, 0.3) is 5.52 Å². The molecule has 1 aliphatic rings. The molecular formula is C20H22ClN5O3. The van der Waals surface area contributed by atoms with Crippen LogP contribution in [0, 0.1) is 0 Å². The van der Waals surface area contributed by atoms with Crippen LogP contribution in [0.3, 0.4) is 0 Å². The molecular weight excluding hydrogens is 394 g/mol. The van der Waals surface area contributed by atoms with Crippen molar-refractivity contribution in [2.45, 2.75) is 25.3 Å². The van der Waals surface area contributed by atoms with E-state index in [1.165, 1.54) is 4.57 Å². The molecule has 0 radical (unpaired) electrons. The lowest BCUT2D eigenvalue weighted by molar-refractivity contribution is 0.188. The molecule has 4 rings (SSSR count). The maximum atomic E-state index is 12.9. The number of aryl methyl sites for hydroxylation is 1. The van der Waals surface area contributed by atoms with E-state index in [0.29, 0.717) is 29.3 Å². The highest BCUT2D eigenvalue weighted by atomic mass is 35.5. The van der Waals surface area contributed by atoms with Crippen molar-refractivity contribution in [1.82, 2.24) is 19.5 Å². The van der Waals surface area contributed by atoms with Crippen molar-refractivity contribution >= 4 is 29.0 Å². The van der Waals surface area contributed by atoms with Crippen molar-refractivity contribution in [1.29, 1.82) is 0 Å². The molecule has 0 bridgehead atoms. The molecule has 9 heteroatoms. The lowest BCUT2D eigenvalue weighted by Gasteiger charge is -2.33. The molecule has 3 aromatic rings. The molecule has 3 heterocycles. The van der Waals surface area contributed by atoms with Crippen LogP contribution in [-0.2, 0) is 13.5 Å². The van der Waals surface area contributed by atoms with Crippen LogP contribution >= 0.6 is 11.6 Å². The zero-order valence-electron chi connectivity index (χ0n) is 16.0. The Kier molecular flexibility index (Phi) is 5.19. The molecule has 1 saturated heterocycles. The molecule has 1 fully saturated rings. The summed E-state index contributed by atoms with van der Waals surface area (Å²) in [5.41, 5.74) is 2.09. The molecule has 0 unspecified atom stereocenters. The number of carboxylic acid groups (broad SMARTS) is 1. The number of hydrogen-bond donors (Lipinski definition) is 2. The van der Waals surface area contributed by atoms with Gasteiger partial charge in [-0.15, -0.1) is 5.10 Å². The van der Waals surface area contributed by atoms with E-state index in [1.807, 2.05) is 24.3 Å². The van der Waals surface area contributed by atoms with Gasteiger partial charge in [-0.1, -0.05) is 29.8 Å². The van der Waals surface area contributed by atoms with Crippen LogP contribution in [-0.4, -0.2) is 44.5 Å². The molecule has 0 saturated carbocycles. The summed E-state index contributed by atoms with van der Waals surface area (Å²) in [6, 6.07) is 7.37. The van der Waals surface area contributed by atoms with E-state index in [4.69, 9.17) is 16.7 Å². The Hall–Kier alpha value is -3.00. The maximum Gasteiger partial charge on any atom is 0.404 e. The fourth-order valence-electron chi connectivity index (χ4n) is 3.90. The van der Waals surface area contributed by atoms with Gasteiger partial charge in [0, 0.05) is 55.6 Å². The third kappa shape index (κ3) is 3.80. The molecule has 1 aromatic carbocycles. The van der Waals surface area contributed by atoms with Gasteiger partial charge in [0.1, 0.15) is 5.52 Å². The smallest absolute Gasteiger partial charge is 0.404 e. The number of anilines is 1. The Balaban J connectivity index is 1.81. The van der Waals surface area contributed by atoms with E-state index in [9.17, 15) is 9.59 Å². The van der Waals surface area contributed by atoms with Gasteiger partial charge in [0.25, 0.3) is 5.56 Å². The zero-order chi connectivity index (χ0) is 20.5. The Bertz CT molecular complexity index is 1120. The summed E-state index contributed by atoms with van der Waals surface area (Å²) < 4.78 is 3.14. The van der Waals surface area contributed by atoms with Gasteiger partial charge < -0.3 is 19.9 Å². The van der Waals surface area contributed by atoms with E-state index in [0.717, 1.165) is 30.5 Å².